The summed E-state index contributed by atoms with van der Waals surface area (Å²) in [5.41, 5.74) is 0.211. The van der Waals surface area contributed by atoms with Crippen LogP contribution < -0.4 is 0 Å². The van der Waals surface area contributed by atoms with Gasteiger partial charge in [0.1, 0.15) is 11.6 Å². The third-order valence-electron chi connectivity index (χ3n) is 1.24. The first-order chi connectivity index (χ1) is 5.15. The van der Waals surface area contributed by atoms with Crippen molar-refractivity contribution in [2.24, 2.45) is 0 Å². The summed E-state index contributed by atoms with van der Waals surface area (Å²) in [6.45, 7) is -0.380. The fourth-order valence-corrected chi connectivity index (χ4v) is 1.08. The van der Waals surface area contributed by atoms with E-state index in [1.807, 2.05) is 0 Å². The third-order valence-corrected chi connectivity index (χ3v) is 2.13. The molecule has 1 rings (SSSR count). The molecule has 0 spiro atoms. The topological polar surface area (TPSA) is 20.2 Å². The monoisotopic (exact) mass is 222 g/mol. The lowest BCUT2D eigenvalue weighted by Crippen LogP contribution is -1.90. The first kappa shape index (κ1) is 8.62. The summed E-state index contributed by atoms with van der Waals surface area (Å²) < 4.78 is 25.2. The number of hydrogen-bond donors (Lipinski definition) is 1. The lowest BCUT2D eigenvalue weighted by molar-refractivity contribution is 0.279. The molecule has 0 aromatic heterocycles. The maximum absolute atomic E-state index is 12.6. The summed E-state index contributed by atoms with van der Waals surface area (Å²) in [5.74, 6) is -1.39. The van der Waals surface area contributed by atoms with E-state index in [4.69, 9.17) is 5.11 Å². The lowest BCUT2D eigenvalue weighted by Gasteiger charge is -2.00. The molecule has 0 saturated carbocycles. The van der Waals surface area contributed by atoms with Crippen LogP contribution in [0.4, 0.5) is 8.78 Å². The van der Waals surface area contributed by atoms with E-state index in [2.05, 4.69) is 15.9 Å². The molecule has 0 atom stereocenters. The van der Waals surface area contributed by atoms with Crippen LogP contribution in [0, 0.1) is 11.6 Å². The average Bonchev–Trinajstić information content (AvgIpc) is 1.96. The number of benzene rings is 1. The van der Waals surface area contributed by atoms with Crippen LogP contribution in [-0.2, 0) is 6.61 Å². The van der Waals surface area contributed by atoms with Gasteiger partial charge in [0.15, 0.2) is 0 Å². The van der Waals surface area contributed by atoms with Crippen LogP contribution in [0.15, 0.2) is 16.6 Å². The van der Waals surface area contributed by atoms with E-state index >= 15 is 0 Å². The van der Waals surface area contributed by atoms with Crippen LogP contribution in [0.5, 0.6) is 0 Å². The molecule has 0 heterocycles. The zero-order chi connectivity index (χ0) is 8.43. The Morgan fingerprint density at radius 3 is 2.55 bits per heavy atom. The Balaban J connectivity index is 3.24. The van der Waals surface area contributed by atoms with Crippen molar-refractivity contribution in [3.8, 4) is 0 Å². The lowest BCUT2D eigenvalue weighted by atomic mass is 10.2. The van der Waals surface area contributed by atoms with Gasteiger partial charge in [0.25, 0.3) is 0 Å². The predicted molar refractivity (Wildman–Crippen MR) is 40.0 cm³/mol. The van der Waals surface area contributed by atoms with Gasteiger partial charge in [-0.2, -0.15) is 0 Å². The Hall–Kier alpha value is -0.480. The minimum Gasteiger partial charge on any atom is -0.392 e. The second-order valence-electron chi connectivity index (χ2n) is 2.02. The van der Waals surface area contributed by atoms with E-state index in [1.165, 1.54) is 0 Å². The molecule has 0 saturated heterocycles. The summed E-state index contributed by atoms with van der Waals surface area (Å²) in [6.07, 6.45) is 0. The molecule has 1 aromatic carbocycles. The summed E-state index contributed by atoms with van der Waals surface area (Å²) in [6, 6.07) is 1.83. The molecule has 0 aliphatic carbocycles. The van der Waals surface area contributed by atoms with Gasteiger partial charge in [-0.1, -0.05) is 0 Å². The second kappa shape index (κ2) is 3.28. The van der Waals surface area contributed by atoms with Crippen molar-refractivity contribution in [2.75, 3.05) is 0 Å². The molecule has 11 heavy (non-hydrogen) atoms. The molecular formula is C7H5BrF2O. The summed E-state index contributed by atoms with van der Waals surface area (Å²) in [7, 11) is 0. The smallest absolute Gasteiger partial charge is 0.140 e. The summed E-state index contributed by atoms with van der Waals surface area (Å²) in [5, 5.41) is 8.60. The number of hydrogen-bond acceptors (Lipinski definition) is 1. The number of aliphatic hydroxyl groups excluding tert-OH is 1. The van der Waals surface area contributed by atoms with Crippen molar-refractivity contribution in [3.63, 3.8) is 0 Å². The van der Waals surface area contributed by atoms with Crippen molar-refractivity contribution in [3.05, 3.63) is 33.8 Å². The SMILES string of the molecule is OCc1cc(F)cc(F)c1Br. The fourth-order valence-electron chi connectivity index (χ4n) is 0.724. The van der Waals surface area contributed by atoms with E-state index in [9.17, 15) is 8.78 Å². The summed E-state index contributed by atoms with van der Waals surface area (Å²) >= 11 is 2.87. The molecule has 4 heteroatoms. The van der Waals surface area contributed by atoms with E-state index in [0.29, 0.717) is 0 Å². The van der Waals surface area contributed by atoms with Gasteiger partial charge in [0.2, 0.25) is 0 Å². The van der Waals surface area contributed by atoms with Gasteiger partial charge < -0.3 is 5.11 Å². The minimum absolute atomic E-state index is 0.112. The van der Waals surface area contributed by atoms with Crippen LogP contribution in [0.3, 0.4) is 0 Å². The number of aliphatic hydroxyl groups is 1. The van der Waals surface area contributed by atoms with E-state index < -0.39 is 11.6 Å². The second-order valence-corrected chi connectivity index (χ2v) is 2.81. The maximum Gasteiger partial charge on any atom is 0.140 e. The van der Waals surface area contributed by atoms with Gasteiger partial charge in [0.05, 0.1) is 11.1 Å². The van der Waals surface area contributed by atoms with Gasteiger partial charge in [-0.3, -0.25) is 0 Å². The quantitative estimate of drug-likeness (QED) is 0.723. The van der Waals surface area contributed by atoms with Crippen molar-refractivity contribution in [1.29, 1.82) is 0 Å². The van der Waals surface area contributed by atoms with E-state index in [-0.39, 0.29) is 16.6 Å². The minimum atomic E-state index is -0.700. The highest BCUT2D eigenvalue weighted by Crippen LogP contribution is 2.21. The Labute approximate surface area is 70.8 Å². The molecule has 0 aliphatic heterocycles. The van der Waals surface area contributed by atoms with Crippen LogP contribution in [-0.4, -0.2) is 5.11 Å². The molecule has 1 N–H and O–H groups in total. The van der Waals surface area contributed by atoms with Crippen LogP contribution in [0.2, 0.25) is 0 Å². The molecule has 0 aliphatic rings. The van der Waals surface area contributed by atoms with Gasteiger partial charge >= 0.3 is 0 Å². The molecule has 60 valence electrons. The van der Waals surface area contributed by atoms with Gasteiger partial charge in [-0.05, 0) is 27.6 Å². The zero-order valence-corrected chi connectivity index (χ0v) is 7.03. The van der Waals surface area contributed by atoms with Crippen molar-refractivity contribution in [2.45, 2.75) is 6.61 Å². The number of halogens is 3. The molecule has 0 bridgehead atoms. The molecule has 0 unspecified atom stereocenters. The molecular weight excluding hydrogens is 218 g/mol. The van der Waals surface area contributed by atoms with Gasteiger partial charge in [0, 0.05) is 6.07 Å². The molecule has 0 amide bonds. The first-order valence-electron chi connectivity index (χ1n) is 2.89. The standard InChI is InChI=1S/C7H5BrF2O/c8-7-4(3-11)1-5(9)2-6(7)10/h1-2,11H,3H2. The third kappa shape index (κ3) is 1.75. The first-order valence-corrected chi connectivity index (χ1v) is 3.68. The van der Waals surface area contributed by atoms with Gasteiger partial charge in [-0.25, -0.2) is 8.78 Å². The van der Waals surface area contributed by atoms with Gasteiger partial charge in [-0.15, -0.1) is 0 Å². The Morgan fingerprint density at radius 2 is 2.00 bits per heavy atom. The molecule has 1 nitrogen and oxygen atoms in total. The van der Waals surface area contributed by atoms with Crippen LogP contribution in [0.1, 0.15) is 5.56 Å². The van der Waals surface area contributed by atoms with E-state index in [1.54, 1.807) is 0 Å². The highest BCUT2D eigenvalue weighted by atomic mass is 79.9. The molecule has 1 aromatic rings. The van der Waals surface area contributed by atoms with Crippen molar-refractivity contribution >= 4 is 15.9 Å². The zero-order valence-electron chi connectivity index (χ0n) is 5.44. The van der Waals surface area contributed by atoms with Crippen LogP contribution >= 0.6 is 15.9 Å². The van der Waals surface area contributed by atoms with Crippen LogP contribution in [0.25, 0.3) is 0 Å². The normalized spacial score (nSPS) is 10.2. The predicted octanol–water partition coefficient (Wildman–Crippen LogP) is 2.22. The fraction of sp³-hybridized carbons (Fsp3) is 0.143. The largest absolute Gasteiger partial charge is 0.392 e. The average molecular weight is 223 g/mol. The highest BCUT2D eigenvalue weighted by molar-refractivity contribution is 9.10. The molecule has 0 radical (unpaired) electrons. The van der Waals surface area contributed by atoms with Crippen molar-refractivity contribution < 1.29 is 13.9 Å². The highest BCUT2D eigenvalue weighted by Gasteiger charge is 2.06. The Kier molecular flexibility index (Phi) is 2.57. The summed E-state index contributed by atoms with van der Waals surface area (Å²) in [4.78, 5) is 0. The number of rotatable bonds is 1. The van der Waals surface area contributed by atoms with E-state index in [0.717, 1.165) is 12.1 Å². The van der Waals surface area contributed by atoms with Crippen molar-refractivity contribution in [1.82, 2.24) is 0 Å². The Bertz CT molecular complexity index is 275. The Morgan fingerprint density at radius 1 is 1.36 bits per heavy atom. The molecule has 0 fully saturated rings. The maximum atomic E-state index is 12.6.